The van der Waals surface area contributed by atoms with E-state index in [2.05, 4.69) is 5.32 Å². The predicted molar refractivity (Wildman–Crippen MR) is 70.5 cm³/mol. The van der Waals surface area contributed by atoms with Gasteiger partial charge in [-0.1, -0.05) is 0 Å². The number of imide groups is 1. The number of sulfone groups is 1. The number of carbonyl (C=O) groups is 2. The van der Waals surface area contributed by atoms with Crippen LogP contribution in [0, 0.1) is 11.3 Å². The molecule has 1 atom stereocenters. The van der Waals surface area contributed by atoms with Gasteiger partial charge in [-0.05, 0) is 18.2 Å². The molecule has 0 bridgehead atoms. The summed E-state index contributed by atoms with van der Waals surface area (Å²) < 4.78 is 27.4. The van der Waals surface area contributed by atoms with Gasteiger partial charge in [-0.15, -0.1) is 0 Å². The number of hydrogen-bond acceptors (Lipinski definition) is 6. The van der Waals surface area contributed by atoms with Crippen molar-refractivity contribution in [1.29, 1.82) is 5.26 Å². The third kappa shape index (κ3) is 3.70. The first-order chi connectivity index (χ1) is 9.81. The largest absolute Gasteiger partial charge is 0.445 e. The van der Waals surface area contributed by atoms with Crippen molar-refractivity contribution in [3.05, 3.63) is 24.0 Å². The van der Waals surface area contributed by atoms with Crippen LogP contribution < -0.4 is 5.32 Å². The number of urea groups is 1. The molecule has 1 aromatic heterocycles. The number of nitrogens with one attached hydrogen (secondary N) is 1. The zero-order valence-corrected chi connectivity index (χ0v) is 11.8. The van der Waals surface area contributed by atoms with Gasteiger partial charge in [0.05, 0.1) is 12.6 Å². The molecular formula is C12H11N3O5S. The fraction of sp³-hybridized carbons (Fsp3) is 0.250. The molecule has 1 aliphatic heterocycles. The SMILES string of the molecule is CS(=O)(=O)c1ccc(C=CC(=O)NC(=O)N2CC2C#N)o1. The first-order valence-electron chi connectivity index (χ1n) is 5.80. The van der Waals surface area contributed by atoms with Crippen LogP contribution in [-0.4, -0.2) is 44.1 Å². The monoisotopic (exact) mass is 309 g/mol. The lowest BCUT2D eigenvalue weighted by molar-refractivity contribution is -0.115. The van der Waals surface area contributed by atoms with Crippen molar-refractivity contribution in [2.75, 3.05) is 12.8 Å². The van der Waals surface area contributed by atoms with Crippen LogP contribution in [0.25, 0.3) is 6.08 Å². The Kier molecular flexibility index (Phi) is 3.82. The quantitative estimate of drug-likeness (QED) is 0.626. The molecule has 1 aromatic rings. The number of hydrogen-bond donors (Lipinski definition) is 1. The van der Waals surface area contributed by atoms with Crippen LogP contribution in [0.3, 0.4) is 0 Å². The number of carbonyl (C=O) groups excluding carboxylic acids is 2. The van der Waals surface area contributed by atoms with Crippen molar-refractivity contribution in [3.63, 3.8) is 0 Å². The van der Waals surface area contributed by atoms with E-state index in [-0.39, 0.29) is 10.9 Å². The second kappa shape index (κ2) is 5.41. The fourth-order valence-electron chi connectivity index (χ4n) is 1.47. The summed E-state index contributed by atoms with van der Waals surface area (Å²) in [6.07, 6.45) is 3.27. The van der Waals surface area contributed by atoms with Crippen molar-refractivity contribution in [1.82, 2.24) is 10.2 Å². The van der Waals surface area contributed by atoms with Crippen molar-refractivity contribution in [2.45, 2.75) is 11.1 Å². The highest BCUT2D eigenvalue weighted by Crippen LogP contribution is 2.16. The third-order valence-electron chi connectivity index (χ3n) is 2.62. The summed E-state index contributed by atoms with van der Waals surface area (Å²) >= 11 is 0. The number of furan rings is 1. The van der Waals surface area contributed by atoms with Crippen molar-refractivity contribution in [2.24, 2.45) is 0 Å². The molecule has 1 aliphatic rings. The maximum atomic E-state index is 11.5. The van der Waals surface area contributed by atoms with E-state index in [4.69, 9.17) is 9.68 Å². The minimum Gasteiger partial charge on any atom is -0.445 e. The summed E-state index contributed by atoms with van der Waals surface area (Å²) in [5.74, 6) is -0.527. The highest BCUT2D eigenvalue weighted by Gasteiger charge is 2.38. The van der Waals surface area contributed by atoms with Gasteiger partial charge in [0.25, 0.3) is 5.91 Å². The highest BCUT2D eigenvalue weighted by molar-refractivity contribution is 7.90. The molecule has 0 spiro atoms. The smallest absolute Gasteiger partial charge is 0.325 e. The molecule has 21 heavy (non-hydrogen) atoms. The number of amides is 3. The van der Waals surface area contributed by atoms with Crippen LogP contribution in [0.15, 0.2) is 27.7 Å². The zero-order chi connectivity index (χ0) is 15.6. The second-order valence-corrected chi connectivity index (χ2v) is 6.30. The molecule has 1 unspecified atom stereocenters. The Morgan fingerprint density at radius 3 is 2.76 bits per heavy atom. The van der Waals surface area contributed by atoms with Gasteiger partial charge >= 0.3 is 6.03 Å². The standard InChI is InChI=1S/C12H11N3O5S/c1-21(18,19)11-5-3-9(20-11)2-4-10(16)14-12(17)15-7-8(15)6-13/h2-5,8H,7H2,1H3,(H,14,16,17). The molecule has 0 aliphatic carbocycles. The Balaban J connectivity index is 1.92. The van der Waals surface area contributed by atoms with Crippen molar-refractivity contribution >= 4 is 27.9 Å². The van der Waals surface area contributed by atoms with Gasteiger partial charge in [0, 0.05) is 12.3 Å². The van der Waals surface area contributed by atoms with E-state index in [1.165, 1.54) is 23.1 Å². The van der Waals surface area contributed by atoms with Crippen LogP contribution in [0.4, 0.5) is 4.79 Å². The second-order valence-electron chi connectivity index (χ2n) is 4.35. The predicted octanol–water partition coefficient (Wildman–Crippen LogP) is 0.140. The van der Waals surface area contributed by atoms with E-state index in [0.29, 0.717) is 6.54 Å². The van der Waals surface area contributed by atoms with Crippen molar-refractivity contribution in [3.8, 4) is 6.07 Å². The summed E-state index contributed by atoms with van der Waals surface area (Å²) in [6, 6.07) is 3.41. The van der Waals surface area contributed by atoms with Crippen LogP contribution in [0.5, 0.6) is 0 Å². The maximum Gasteiger partial charge on any atom is 0.325 e. The van der Waals surface area contributed by atoms with Gasteiger partial charge < -0.3 is 9.32 Å². The molecule has 0 radical (unpaired) electrons. The molecule has 0 aromatic carbocycles. The van der Waals surface area contributed by atoms with E-state index < -0.39 is 27.8 Å². The Bertz CT molecular complexity index is 756. The first-order valence-corrected chi connectivity index (χ1v) is 7.69. The fourth-order valence-corrected chi connectivity index (χ4v) is 2.04. The first kappa shape index (κ1) is 14.8. The average Bonchev–Trinajstić information content (AvgIpc) is 3.03. The summed E-state index contributed by atoms with van der Waals surface area (Å²) in [5.41, 5.74) is 0. The molecule has 2 rings (SSSR count). The molecule has 8 nitrogen and oxygen atoms in total. The van der Waals surface area contributed by atoms with Gasteiger partial charge in [0.1, 0.15) is 11.8 Å². The molecule has 1 fully saturated rings. The zero-order valence-electron chi connectivity index (χ0n) is 10.9. The molecule has 110 valence electrons. The minimum absolute atomic E-state index is 0.166. The summed E-state index contributed by atoms with van der Waals surface area (Å²) in [7, 11) is -3.44. The van der Waals surface area contributed by atoms with E-state index in [0.717, 1.165) is 12.3 Å². The van der Waals surface area contributed by atoms with E-state index in [1.807, 2.05) is 6.07 Å². The number of nitriles is 1. The molecular weight excluding hydrogens is 298 g/mol. The van der Waals surface area contributed by atoms with Gasteiger partial charge in [0.15, 0.2) is 0 Å². The summed E-state index contributed by atoms with van der Waals surface area (Å²) in [4.78, 5) is 24.1. The van der Waals surface area contributed by atoms with Crippen LogP contribution >= 0.6 is 0 Å². The van der Waals surface area contributed by atoms with Crippen LogP contribution in [0.1, 0.15) is 5.76 Å². The van der Waals surface area contributed by atoms with Gasteiger partial charge in [-0.2, -0.15) is 5.26 Å². The Morgan fingerprint density at radius 2 is 2.24 bits per heavy atom. The van der Waals surface area contributed by atoms with E-state index >= 15 is 0 Å². The maximum absolute atomic E-state index is 11.5. The van der Waals surface area contributed by atoms with Gasteiger partial charge in [0.2, 0.25) is 14.9 Å². The lowest BCUT2D eigenvalue weighted by atomic mass is 10.4. The molecule has 3 amide bonds. The lowest BCUT2D eigenvalue weighted by Gasteiger charge is -2.00. The normalized spacial score (nSPS) is 17.5. The average molecular weight is 309 g/mol. The Morgan fingerprint density at radius 1 is 1.52 bits per heavy atom. The number of nitrogens with zero attached hydrogens (tertiary/aromatic N) is 2. The van der Waals surface area contributed by atoms with Gasteiger partial charge in [-0.25, -0.2) is 13.2 Å². The van der Waals surface area contributed by atoms with E-state index in [1.54, 1.807) is 0 Å². The summed E-state index contributed by atoms with van der Waals surface area (Å²) in [5, 5.41) is 10.4. The number of rotatable bonds is 3. The molecule has 1 saturated heterocycles. The lowest BCUT2D eigenvalue weighted by Crippen LogP contribution is -2.33. The summed E-state index contributed by atoms with van der Waals surface area (Å²) in [6.45, 7) is 0.301. The van der Waals surface area contributed by atoms with Crippen molar-refractivity contribution < 1.29 is 22.4 Å². The molecule has 1 N–H and O–H groups in total. The molecule has 9 heteroatoms. The van der Waals surface area contributed by atoms with Crippen LogP contribution in [0.2, 0.25) is 0 Å². The van der Waals surface area contributed by atoms with Gasteiger partial charge in [-0.3, -0.25) is 10.1 Å². The molecule has 2 heterocycles. The van der Waals surface area contributed by atoms with Crippen LogP contribution in [-0.2, 0) is 14.6 Å². The topological polar surface area (TPSA) is 120 Å². The minimum atomic E-state index is -3.44. The third-order valence-corrected chi connectivity index (χ3v) is 3.57. The highest BCUT2D eigenvalue weighted by atomic mass is 32.2. The van der Waals surface area contributed by atoms with E-state index in [9.17, 15) is 18.0 Å². The molecule has 0 saturated carbocycles. The Hall–Kier alpha value is -2.60. The Labute approximate surface area is 120 Å².